The van der Waals surface area contributed by atoms with Crippen molar-refractivity contribution in [2.75, 3.05) is 0 Å². The summed E-state index contributed by atoms with van der Waals surface area (Å²) in [5, 5.41) is 7.42. The number of hydrogen-bond acceptors (Lipinski definition) is 4. The second-order valence-corrected chi connectivity index (χ2v) is 4.18. The number of ether oxygens (including phenoxy) is 1. The first-order chi connectivity index (χ1) is 10.8. The van der Waals surface area contributed by atoms with Crippen molar-refractivity contribution in [2.24, 2.45) is 0 Å². The zero-order valence-electron chi connectivity index (χ0n) is 11.9. The van der Waals surface area contributed by atoms with Gasteiger partial charge in [-0.25, -0.2) is 17.6 Å². The Morgan fingerprint density at radius 1 is 1.00 bits per heavy atom. The van der Waals surface area contributed by atoms with Gasteiger partial charge in [0.25, 0.3) is 5.97 Å². The Labute approximate surface area is 128 Å². The Balaban J connectivity index is 0.000000593. The van der Waals surface area contributed by atoms with Gasteiger partial charge in [0.15, 0.2) is 0 Å². The van der Waals surface area contributed by atoms with Crippen molar-refractivity contribution in [3.05, 3.63) is 59.2 Å². The number of nitrogens with zero attached hydrogens (tertiary/aromatic N) is 2. The number of carboxylic acids is 1. The number of hydrogen-bond donors (Lipinski definition) is 1. The molecule has 0 radical (unpaired) electrons. The molecule has 0 unspecified atom stereocenters. The van der Waals surface area contributed by atoms with Crippen LogP contribution in [0.4, 0.5) is 17.6 Å². The Hall–Kier alpha value is -2.55. The zero-order chi connectivity index (χ0) is 17.4. The molecule has 23 heavy (non-hydrogen) atoms. The van der Waals surface area contributed by atoms with Crippen LogP contribution in [0.3, 0.4) is 0 Å². The van der Waals surface area contributed by atoms with Gasteiger partial charge in [-0.2, -0.15) is 0 Å². The number of halogens is 4. The molecule has 0 fully saturated rings. The van der Waals surface area contributed by atoms with Gasteiger partial charge in [0, 0.05) is 19.1 Å². The van der Waals surface area contributed by atoms with E-state index in [9.17, 15) is 17.6 Å². The van der Waals surface area contributed by atoms with Gasteiger partial charge in [0.05, 0.1) is 25.6 Å². The molecule has 0 aromatic carbocycles. The molecule has 124 valence electrons. The third-order valence-electron chi connectivity index (χ3n) is 2.25. The molecule has 2 heterocycles. The highest BCUT2D eigenvalue weighted by Crippen LogP contribution is 2.10. The maximum absolute atomic E-state index is 13.2. The van der Waals surface area contributed by atoms with Gasteiger partial charge < -0.3 is 9.84 Å². The van der Waals surface area contributed by atoms with Crippen LogP contribution in [0.15, 0.2) is 24.5 Å². The molecule has 2 aromatic heterocycles. The van der Waals surface area contributed by atoms with E-state index >= 15 is 0 Å². The van der Waals surface area contributed by atoms with Gasteiger partial charge in [-0.05, 0) is 0 Å². The number of rotatable bonds is 4. The van der Waals surface area contributed by atoms with Crippen molar-refractivity contribution < 1.29 is 32.2 Å². The average molecular weight is 332 g/mol. The minimum Gasteiger partial charge on any atom is -0.481 e. The van der Waals surface area contributed by atoms with Crippen molar-refractivity contribution in [1.29, 1.82) is 0 Å². The van der Waals surface area contributed by atoms with Gasteiger partial charge in [-0.1, -0.05) is 0 Å². The number of aliphatic carboxylic acids is 1. The third kappa shape index (κ3) is 6.83. The van der Waals surface area contributed by atoms with Crippen LogP contribution in [-0.4, -0.2) is 21.0 Å². The number of pyridine rings is 2. The fourth-order valence-corrected chi connectivity index (χ4v) is 1.34. The largest absolute Gasteiger partial charge is 0.481 e. The Morgan fingerprint density at radius 2 is 1.35 bits per heavy atom. The highest BCUT2D eigenvalue weighted by molar-refractivity contribution is 5.62. The number of aromatic nitrogens is 2. The summed E-state index contributed by atoms with van der Waals surface area (Å²) in [5.41, 5.74) is -0.215. The molecule has 2 aromatic rings. The SMILES string of the molecule is CC(=O)O.Fc1cnc(COCc2ncc(F)cc2F)c(F)c1. The van der Waals surface area contributed by atoms with Crippen LogP contribution in [0, 0.1) is 23.3 Å². The summed E-state index contributed by atoms with van der Waals surface area (Å²) in [5.74, 6) is -4.14. The van der Waals surface area contributed by atoms with Crippen molar-refractivity contribution in [3.8, 4) is 0 Å². The minimum atomic E-state index is -0.854. The minimum absolute atomic E-state index is 0.107. The highest BCUT2D eigenvalue weighted by atomic mass is 19.1. The molecular formula is C14H12F4N2O3. The zero-order valence-corrected chi connectivity index (χ0v) is 11.9. The van der Waals surface area contributed by atoms with Crippen LogP contribution in [0.2, 0.25) is 0 Å². The molecule has 0 spiro atoms. The van der Waals surface area contributed by atoms with E-state index in [0.29, 0.717) is 12.1 Å². The van der Waals surface area contributed by atoms with Crippen molar-refractivity contribution in [3.63, 3.8) is 0 Å². The molecule has 5 nitrogen and oxygen atoms in total. The van der Waals surface area contributed by atoms with Crippen LogP contribution in [0.1, 0.15) is 18.3 Å². The lowest BCUT2D eigenvalue weighted by Gasteiger charge is -2.05. The van der Waals surface area contributed by atoms with Crippen LogP contribution >= 0.6 is 0 Å². The molecule has 0 aliphatic heterocycles. The summed E-state index contributed by atoms with van der Waals surface area (Å²) >= 11 is 0. The quantitative estimate of drug-likeness (QED) is 0.872. The van der Waals surface area contributed by atoms with Gasteiger partial charge in [-0.15, -0.1) is 0 Å². The van der Waals surface area contributed by atoms with Crippen LogP contribution in [-0.2, 0) is 22.7 Å². The monoisotopic (exact) mass is 332 g/mol. The van der Waals surface area contributed by atoms with E-state index in [4.69, 9.17) is 14.6 Å². The highest BCUT2D eigenvalue weighted by Gasteiger charge is 2.08. The summed E-state index contributed by atoms with van der Waals surface area (Å²) in [4.78, 5) is 16.0. The van der Waals surface area contributed by atoms with Crippen LogP contribution in [0.5, 0.6) is 0 Å². The first-order valence-electron chi connectivity index (χ1n) is 6.16. The average Bonchev–Trinajstić information content (AvgIpc) is 2.43. The smallest absolute Gasteiger partial charge is 0.300 e. The van der Waals surface area contributed by atoms with E-state index in [1.54, 1.807) is 0 Å². The van der Waals surface area contributed by atoms with Gasteiger partial charge in [0.1, 0.15) is 34.7 Å². The summed E-state index contributed by atoms with van der Waals surface area (Å²) in [6, 6.07) is 1.34. The van der Waals surface area contributed by atoms with E-state index in [1.807, 2.05) is 0 Å². The lowest BCUT2D eigenvalue weighted by Crippen LogP contribution is -2.03. The second kappa shape index (κ2) is 8.79. The van der Waals surface area contributed by atoms with Crippen LogP contribution in [0.25, 0.3) is 0 Å². The molecular weight excluding hydrogens is 320 g/mol. The fraction of sp³-hybridized carbons (Fsp3) is 0.214. The molecule has 1 N–H and O–H groups in total. The molecule has 9 heteroatoms. The van der Waals surface area contributed by atoms with E-state index in [-0.39, 0.29) is 24.6 Å². The molecule has 0 amide bonds. The first-order valence-corrected chi connectivity index (χ1v) is 6.16. The summed E-state index contributed by atoms with van der Waals surface area (Å²) in [6.07, 6.45) is 1.69. The Bertz CT molecular complexity index is 628. The standard InChI is InChI=1S/C12H8F4N2O.C2H4O2/c13-7-1-9(15)11(17-3-7)5-19-6-12-10(16)2-8(14)4-18-12;1-2(3)4/h1-4H,5-6H2;1H3,(H,3,4). The van der Waals surface area contributed by atoms with E-state index in [0.717, 1.165) is 19.3 Å². The normalized spacial score (nSPS) is 9.96. The molecule has 0 aliphatic rings. The number of carbonyl (C=O) groups is 1. The van der Waals surface area contributed by atoms with Gasteiger partial charge in [0.2, 0.25) is 0 Å². The fourth-order valence-electron chi connectivity index (χ4n) is 1.34. The van der Waals surface area contributed by atoms with Crippen molar-refractivity contribution in [2.45, 2.75) is 20.1 Å². The summed E-state index contributed by atoms with van der Waals surface area (Å²) < 4.78 is 56.5. The lowest BCUT2D eigenvalue weighted by atomic mass is 10.3. The molecule has 0 bridgehead atoms. The Kier molecular flexibility index (Phi) is 7.07. The van der Waals surface area contributed by atoms with Gasteiger partial charge >= 0.3 is 0 Å². The topological polar surface area (TPSA) is 72.3 Å². The van der Waals surface area contributed by atoms with E-state index in [1.165, 1.54) is 0 Å². The van der Waals surface area contributed by atoms with E-state index in [2.05, 4.69) is 9.97 Å². The summed E-state index contributed by atoms with van der Waals surface area (Å²) in [7, 11) is 0. The maximum atomic E-state index is 13.2. The molecule has 2 rings (SSSR count). The van der Waals surface area contributed by atoms with Gasteiger partial charge in [-0.3, -0.25) is 14.8 Å². The van der Waals surface area contributed by atoms with Crippen molar-refractivity contribution >= 4 is 5.97 Å². The molecule has 0 atom stereocenters. The molecule has 0 saturated carbocycles. The summed E-state index contributed by atoms with van der Waals surface area (Å²) in [6.45, 7) is 0.537. The molecule has 0 saturated heterocycles. The first kappa shape index (κ1) is 18.5. The van der Waals surface area contributed by atoms with E-state index < -0.39 is 29.2 Å². The number of carboxylic acid groups (broad SMARTS) is 1. The molecule has 0 aliphatic carbocycles. The van der Waals surface area contributed by atoms with Crippen molar-refractivity contribution in [1.82, 2.24) is 9.97 Å². The predicted molar refractivity (Wildman–Crippen MR) is 70.1 cm³/mol. The third-order valence-corrected chi connectivity index (χ3v) is 2.25. The second-order valence-electron chi connectivity index (χ2n) is 4.18. The predicted octanol–water partition coefficient (Wildman–Crippen LogP) is 2.84. The van der Waals surface area contributed by atoms with Crippen LogP contribution < -0.4 is 0 Å². The maximum Gasteiger partial charge on any atom is 0.300 e. The Morgan fingerprint density at radius 3 is 1.65 bits per heavy atom. The lowest BCUT2D eigenvalue weighted by molar-refractivity contribution is -0.134.